The Morgan fingerprint density at radius 2 is 2.05 bits per heavy atom. The van der Waals surface area contributed by atoms with Crippen molar-refractivity contribution in [1.82, 2.24) is 14.7 Å². The molecule has 0 bridgehead atoms. The maximum absolute atomic E-state index is 10.6. The van der Waals surface area contributed by atoms with Crippen molar-refractivity contribution in [3.05, 3.63) is 22.5 Å². The van der Waals surface area contributed by atoms with Crippen LogP contribution >= 0.6 is 0 Å². The number of nitro groups is 1. The molecule has 6 nitrogen and oxygen atoms in total. The Balaban J connectivity index is 1.90. The van der Waals surface area contributed by atoms with Crippen LogP contribution < -0.4 is 0 Å². The Kier molecular flexibility index (Phi) is 3.89. The fraction of sp³-hybridized carbons (Fsp3) is 0.769. The van der Waals surface area contributed by atoms with Gasteiger partial charge in [0.15, 0.2) is 0 Å². The summed E-state index contributed by atoms with van der Waals surface area (Å²) in [5.41, 5.74) is 0.397. The molecule has 0 atom stereocenters. The van der Waals surface area contributed by atoms with Crippen molar-refractivity contribution in [2.75, 3.05) is 19.6 Å². The fourth-order valence-corrected chi connectivity index (χ4v) is 2.63. The summed E-state index contributed by atoms with van der Waals surface area (Å²) in [6, 6.07) is 0.296. The minimum atomic E-state index is -0.391. The van der Waals surface area contributed by atoms with Crippen LogP contribution in [0, 0.1) is 15.5 Å². The molecule has 0 spiro atoms. The standard InChI is InChI=1S/C13H22N4O2/c1-13(2,3)10-15-6-4-11(5-7-15)16-9-12(8-14-16)17(18)19/h8-9,11H,4-7,10H2,1-3H3. The third-order valence-corrected chi connectivity index (χ3v) is 3.43. The summed E-state index contributed by atoms with van der Waals surface area (Å²) in [5, 5.41) is 14.8. The Labute approximate surface area is 113 Å². The summed E-state index contributed by atoms with van der Waals surface area (Å²) in [7, 11) is 0. The molecular formula is C13H22N4O2. The number of hydrogen-bond acceptors (Lipinski definition) is 4. The van der Waals surface area contributed by atoms with Crippen molar-refractivity contribution in [3.63, 3.8) is 0 Å². The Hall–Kier alpha value is -1.43. The van der Waals surface area contributed by atoms with Crippen LogP contribution in [0.25, 0.3) is 0 Å². The first-order chi connectivity index (χ1) is 8.85. The lowest BCUT2D eigenvalue weighted by atomic mass is 9.94. The van der Waals surface area contributed by atoms with E-state index in [9.17, 15) is 10.1 Å². The highest BCUT2D eigenvalue weighted by atomic mass is 16.6. The quantitative estimate of drug-likeness (QED) is 0.622. The lowest BCUT2D eigenvalue weighted by molar-refractivity contribution is -0.385. The molecule has 1 aliphatic heterocycles. The van der Waals surface area contributed by atoms with Crippen LogP contribution in [-0.2, 0) is 0 Å². The van der Waals surface area contributed by atoms with Gasteiger partial charge in [0.25, 0.3) is 0 Å². The molecule has 0 N–H and O–H groups in total. The first-order valence-corrected chi connectivity index (χ1v) is 6.76. The molecular weight excluding hydrogens is 244 g/mol. The van der Waals surface area contributed by atoms with Gasteiger partial charge in [-0.3, -0.25) is 14.8 Å². The van der Waals surface area contributed by atoms with Gasteiger partial charge in [-0.25, -0.2) is 0 Å². The first-order valence-electron chi connectivity index (χ1n) is 6.76. The maximum atomic E-state index is 10.6. The van der Waals surface area contributed by atoms with Gasteiger partial charge < -0.3 is 4.90 Å². The second-order valence-corrected chi connectivity index (χ2v) is 6.50. The van der Waals surface area contributed by atoms with Crippen LogP contribution in [0.2, 0.25) is 0 Å². The zero-order valence-electron chi connectivity index (χ0n) is 11.9. The molecule has 6 heteroatoms. The van der Waals surface area contributed by atoms with Crippen LogP contribution in [0.15, 0.2) is 12.4 Å². The minimum Gasteiger partial charge on any atom is -0.303 e. The number of rotatable bonds is 3. The van der Waals surface area contributed by atoms with Crippen molar-refractivity contribution >= 4 is 5.69 Å². The molecule has 0 aromatic carbocycles. The van der Waals surface area contributed by atoms with E-state index >= 15 is 0 Å². The molecule has 0 saturated carbocycles. The van der Waals surface area contributed by atoms with Crippen molar-refractivity contribution in [2.45, 2.75) is 39.7 Å². The number of hydrogen-bond donors (Lipinski definition) is 0. The van der Waals surface area contributed by atoms with E-state index in [4.69, 9.17) is 0 Å². The van der Waals surface area contributed by atoms with E-state index < -0.39 is 4.92 Å². The lowest BCUT2D eigenvalue weighted by Crippen LogP contribution is -2.39. The van der Waals surface area contributed by atoms with Gasteiger partial charge in [0, 0.05) is 19.6 Å². The fourth-order valence-electron chi connectivity index (χ4n) is 2.63. The molecule has 0 aliphatic carbocycles. The molecule has 0 unspecified atom stereocenters. The van der Waals surface area contributed by atoms with E-state index in [1.54, 1.807) is 10.9 Å². The van der Waals surface area contributed by atoms with E-state index in [0.717, 1.165) is 32.5 Å². The Morgan fingerprint density at radius 3 is 2.53 bits per heavy atom. The predicted octanol–water partition coefficient (Wildman–Crippen LogP) is 2.47. The van der Waals surface area contributed by atoms with Crippen LogP contribution in [0.5, 0.6) is 0 Å². The van der Waals surface area contributed by atoms with Crippen LogP contribution in [0.3, 0.4) is 0 Å². The number of aromatic nitrogens is 2. The third-order valence-electron chi connectivity index (χ3n) is 3.43. The molecule has 1 aromatic heterocycles. The zero-order chi connectivity index (χ0) is 14.0. The Morgan fingerprint density at radius 1 is 1.42 bits per heavy atom. The summed E-state index contributed by atoms with van der Waals surface area (Å²) in [6.45, 7) is 9.91. The van der Waals surface area contributed by atoms with Gasteiger partial charge in [-0.2, -0.15) is 5.10 Å². The van der Waals surface area contributed by atoms with Crippen molar-refractivity contribution in [2.24, 2.45) is 5.41 Å². The van der Waals surface area contributed by atoms with Crippen molar-refractivity contribution in [1.29, 1.82) is 0 Å². The highest BCUT2D eigenvalue weighted by molar-refractivity contribution is 5.21. The van der Waals surface area contributed by atoms with Crippen molar-refractivity contribution < 1.29 is 4.92 Å². The van der Waals surface area contributed by atoms with Gasteiger partial charge in [-0.05, 0) is 18.3 Å². The second kappa shape index (κ2) is 5.28. The summed E-state index contributed by atoms with van der Waals surface area (Å²) in [4.78, 5) is 12.7. The van der Waals surface area contributed by atoms with Crippen LogP contribution in [0.4, 0.5) is 5.69 Å². The highest BCUT2D eigenvalue weighted by Gasteiger charge is 2.25. The molecule has 1 aliphatic rings. The maximum Gasteiger partial charge on any atom is 0.307 e. The monoisotopic (exact) mass is 266 g/mol. The summed E-state index contributed by atoms with van der Waals surface area (Å²) in [6.07, 6.45) is 4.90. The lowest BCUT2D eigenvalue weighted by Gasteiger charge is -2.35. The Bertz CT molecular complexity index is 442. The average molecular weight is 266 g/mol. The summed E-state index contributed by atoms with van der Waals surface area (Å²) >= 11 is 0. The normalized spacial score (nSPS) is 18.7. The largest absolute Gasteiger partial charge is 0.307 e. The van der Waals surface area contributed by atoms with Gasteiger partial charge >= 0.3 is 5.69 Å². The summed E-state index contributed by atoms with van der Waals surface area (Å²) < 4.78 is 1.76. The van der Waals surface area contributed by atoms with E-state index in [-0.39, 0.29) is 5.69 Å². The topological polar surface area (TPSA) is 64.2 Å². The first kappa shape index (κ1) is 14.0. The average Bonchev–Trinajstić information content (AvgIpc) is 2.77. The zero-order valence-corrected chi connectivity index (χ0v) is 11.9. The van der Waals surface area contributed by atoms with E-state index in [0.29, 0.717) is 11.5 Å². The molecule has 106 valence electrons. The minimum absolute atomic E-state index is 0.0807. The van der Waals surface area contributed by atoms with Crippen LogP contribution in [-0.4, -0.2) is 39.2 Å². The van der Waals surface area contributed by atoms with Crippen LogP contribution in [0.1, 0.15) is 39.7 Å². The molecule has 2 rings (SSSR count). The van der Waals surface area contributed by atoms with Gasteiger partial charge in [0.1, 0.15) is 12.4 Å². The van der Waals surface area contributed by atoms with Gasteiger partial charge in [0.2, 0.25) is 0 Å². The van der Waals surface area contributed by atoms with E-state index in [2.05, 4.69) is 30.8 Å². The number of likely N-dealkylation sites (tertiary alicyclic amines) is 1. The molecule has 2 heterocycles. The molecule has 0 radical (unpaired) electrons. The molecule has 1 aromatic rings. The second-order valence-electron chi connectivity index (χ2n) is 6.50. The van der Waals surface area contributed by atoms with Crippen molar-refractivity contribution in [3.8, 4) is 0 Å². The van der Waals surface area contributed by atoms with E-state index in [1.807, 2.05) is 0 Å². The van der Waals surface area contributed by atoms with Gasteiger partial charge in [-0.15, -0.1) is 0 Å². The summed E-state index contributed by atoms with van der Waals surface area (Å²) in [5.74, 6) is 0. The third kappa shape index (κ3) is 3.76. The predicted molar refractivity (Wildman–Crippen MR) is 73.0 cm³/mol. The van der Waals surface area contributed by atoms with Gasteiger partial charge in [-0.1, -0.05) is 20.8 Å². The SMILES string of the molecule is CC(C)(C)CN1CCC(n2cc([N+](=O)[O-])cn2)CC1. The highest BCUT2D eigenvalue weighted by Crippen LogP contribution is 2.26. The van der Waals surface area contributed by atoms with E-state index in [1.165, 1.54) is 6.20 Å². The number of piperidine rings is 1. The molecule has 1 saturated heterocycles. The number of nitrogens with zero attached hydrogens (tertiary/aromatic N) is 4. The molecule has 19 heavy (non-hydrogen) atoms. The van der Waals surface area contributed by atoms with Gasteiger partial charge in [0.05, 0.1) is 11.0 Å². The molecule has 0 amide bonds. The molecule has 1 fully saturated rings. The smallest absolute Gasteiger partial charge is 0.303 e.